The van der Waals surface area contributed by atoms with Crippen LogP contribution in [0.3, 0.4) is 0 Å². The van der Waals surface area contributed by atoms with E-state index in [1.807, 2.05) is 6.07 Å². The second kappa shape index (κ2) is 7.88. The van der Waals surface area contributed by atoms with Crippen molar-refractivity contribution in [2.24, 2.45) is 0 Å². The molecule has 5 heteroatoms. The van der Waals surface area contributed by atoms with Crippen LogP contribution in [0.5, 0.6) is 0 Å². The van der Waals surface area contributed by atoms with E-state index in [0.717, 1.165) is 16.5 Å². The van der Waals surface area contributed by atoms with Gasteiger partial charge in [-0.25, -0.2) is 8.42 Å². The van der Waals surface area contributed by atoms with E-state index in [1.54, 1.807) is 6.07 Å². The fourth-order valence-corrected chi connectivity index (χ4v) is 3.82. The van der Waals surface area contributed by atoms with Crippen molar-refractivity contribution in [2.45, 2.75) is 64.2 Å². The molecule has 24 heavy (non-hydrogen) atoms. The van der Waals surface area contributed by atoms with E-state index < -0.39 is 10.1 Å². The summed E-state index contributed by atoms with van der Waals surface area (Å²) in [6.07, 6.45) is 0. The largest absolute Gasteiger partial charge is 1.00 e. The van der Waals surface area contributed by atoms with Crippen molar-refractivity contribution >= 4 is 20.9 Å². The van der Waals surface area contributed by atoms with Crippen LogP contribution in [0.15, 0.2) is 29.2 Å². The monoisotopic (exact) mass is 356 g/mol. The average Bonchev–Trinajstić information content (AvgIpc) is 2.42. The molecule has 0 bridgehead atoms. The molecule has 0 radical (unpaired) electrons. The second-order valence-corrected chi connectivity index (χ2v) is 8.45. The Labute approximate surface area is 167 Å². The van der Waals surface area contributed by atoms with Crippen molar-refractivity contribution in [3.8, 4) is 0 Å². The molecule has 0 fully saturated rings. The van der Waals surface area contributed by atoms with Crippen LogP contribution in [0.25, 0.3) is 10.8 Å². The molecular formula is C19H25NaO3S. The van der Waals surface area contributed by atoms with Crippen molar-refractivity contribution < 1.29 is 42.5 Å². The van der Waals surface area contributed by atoms with Gasteiger partial charge < -0.3 is 4.55 Å². The Morgan fingerprint density at radius 2 is 1.17 bits per heavy atom. The first kappa shape index (κ1) is 21.7. The predicted octanol–water partition coefficient (Wildman–Crippen LogP) is 2.12. The van der Waals surface area contributed by atoms with Crippen molar-refractivity contribution in [1.29, 1.82) is 0 Å². The Morgan fingerprint density at radius 3 is 1.54 bits per heavy atom. The van der Waals surface area contributed by atoms with E-state index in [9.17, 15) is 13.0 Å². The van der Waals surface area contributed by atoms with Gasteiger partial charge in [0, 0.05) is 0 Å². The summed E-state index contributed by atoms with van der Waals surface area (Å²) in [7, 11) is -4.50. The van der Waals surface area contributed by atoms with Crippen LogP contribution in [-0.4, -0.2) is 13.0 Å². The fourth-order valence-electron chi connectivity index (χ4n) is 3.14. The van der Waals surface area contributed by atoms with Gasteiger partial charge in [0.15, 0.2) is 0 Å². The zero-order valence-corrected chi connectivity index (χ0v) is 18.5. The summed E-state index contributed by atoms with van der Waals surface area (Å²) in [5.41, 5.74) is 3.40. The van der Waals surface area contributed by atoms with Crippen LogP contribution >= 0.6 is 0 Å². The maximum atomic E-state index is 11.7. The zero-order valence-electron chi connectivity index (χ0n) is 15.7. The quantitative estimate of drug-likeness (QED) is 0.623. The Kier molecular flexibility index (Phi) is 7.11. The molecule has 0 aliphatic rings. The van der Waals surface area contributed by atoms with Crippen molar-refractivity contribution in [2.75, 3.05) is 0 Å². The van der Waals surface area contributed by atoms with E-state index in [0.29, 0.717) is 11.3 Å². The van der Waals surface area contributed by atoms with Crippen LogP contribution in [0.1, 0.15) is 76.0 Å². The van der Waals surface area contributed by atoms with Gasteiger partial charge >= 0.3 is 29.6 Å². The van der Waals surface area contributed by atoms with Gasteiger partial charge in [-0.1, -0.05) is 53.7 Å². The molecule has 0 spiro atoms. The second-order valence-electron chi connectivity index (χ2n) is 7.10. The Bertz CT molecular complexity index is 837. The summed E-state index contributed by atoms with van der Waals surface area (Å²) in [4.78, 5) is -0.117. The van der Waals surface area contributed by atoms with Gasteiger partial charge in [-0.3, -0.25) is 0 Å². The number of hydrogen-bond acceptors (Lipinski definition) is 3. The minimum absolute atomic E-state index is 0. The van der Waals surface area contributed by atoms with Crippen LogP contribution < -0.4 is 29.6 Å². The molecule has 126 valence electrons. The first-order valence-electron chi connectivity index (χ1n) is 8.10. The summed E-state index contributed by atoms with van der Waals surface area (Å²) in [5.74, 6) is 0.858. The normalized spacial score (nSPS) is 12.2. The average molecular weight is 356 g/mol. The van der Waals surface area contributed by atoms with Crippen LogP contribution in [0, 0.1) is 0 Å². The van der Waals surface area contributed by atoms with Crippen LogP contribution in [-0.2, 0) is 10.1 Å². The molecule has 3 nitrogen and oxygen atoms in total. The SMILES string of the molecule is CC(C)c1cc2c(C(C)C)ccc(S(=O)(=O)[O-])c2cc1C(C)C.[Na+]. The van der Waals surface area contributed by atoms with Crippen LogP contribution in [0.2, 0.25) is 0 Å². The standard InChI is InChI=1S/C19H26O3S.Na/c1-11(2)14-7-8-19(23(20,21)22)18-10-16(13(5)6)15(12(3)4)9-17(14)18;/h7-13H,1-6H3,(H,20,21,22);/q;+1/p-1. The summed E-state index contributed by atoms with van der Waals surface area (Å²) < 4.78 is 35.0. The van der Waals surface area contributed by atoms with Gasteiger partial charge in [-0.15, -0.1) is 0 Å². The maximum Gasteiger partial charge on any atom is 1.00 e. The Morgan fingerprint density at radius 1 is 0.750 bits per heavy atom. The Balaban J connectivity index is 0.00000288. The first-order chi connectivity index (χ1) is 10.5. The van der Waals surface area contributed by atoms with Crippen molar-refractivity contribution in [3.63, 3.8) is 0 Å². The molecule has 0 atom stereocenters. The molecular weight excluding hydrogens is 331 g/mol. The summed E-state index contributed by atoms with van der Waals surface area (Å²) in [5, 5.41) is 1.43. The topological polar surface area (TPSA) is 57.2 Å². The van der Waals surface area contributed by atoms with Crippen molar-refractivity contribution in [1.82, 2.24) is 0 Å². The van der Waals surface area contributed by atoms with E-state index >= 15 is 0 Å². The zero-order chi connectivity index (χ0) is 17.5. The Hall–Kier alpha value is -0.390. The van der Waals surface area contributed by atoms with Gasteiger partial charge in [0.05, 0.1) is 4.90 Å². The third kappa shape index (κ3) is 4.23. The molecule has 0 amide bonds. The molecule has 0 unspecified atom stereocenters. The smallest absolute Gasteiger partial charge is 0.744 e. The molecule has 2 aromatic carbocycles. The molecule has 0 saturated carbocycles. The summed E-state index contributed by atoms with van der Waals surface area (Å²) in [6.45, 7) is 12.6. The number of benzene rings is 2. The molecule has 0 aromatic heterocycles. The van der Waals surface area contributed by atoms with Crippen molar-refractivity contribution in [3.05, 3.63) is 41.0 Å². The maximum absolute atomic E-state index is 11.7. The third-order valence-electron chi connectivity index (χ3n) is 4.35. The van der Waals surface area contributed by atoms with Crippen LogP contribution in [0.4, 0.5) is 0 Å². The number of fused-ring (bicyclic) bond motifs is 1. The molecule has 2 aromatic rings. The molecule has 0 heterocycles. The fraction of sp³-hybridized carbons (Fsp3) is 0.474. The molecule has 0 aliphatic heterocycles. The van der Waals surface area contributed by atoms with E-state index in [1.165, 1.54) is 11.6 Å². The first-order valence-corrected chi connectivity index (χ1v) is 9.51. The van der Waals surface area contributed by atoms with E-state index in [4.69, 9.17) is 0 Å². The number of rotatable bonds is 4. The number of hydrogen-bond donors (Lipinski definition) is 0. The summed E-state index contributed by atoms with van der Waals surface area (Å²) >= 11 is 0. The van der Waals surface area contributed by atoms with Gasteiger partial charge in [-0.05, 0) is 57.3 Å². The third-order valence-corrected chi connectivity index (χ3v) is 5.24. The van der Waals surface area contributed by atoms with E-state index in [-0.39, 0.29) is 46.3 Å². The molecule has 0 aliphatic carbocycles. The molecule has 0 saturated heterocycles. The van der Waals surface area contributed by atoms with Gasteiger partial charge in [0.2, 0.25) is 0 Å². The van der Waals surface area contributed by atoms with Gasteiger partial charge in [-0.2, -0.15) is 0 Å². The molecule has 2 rings (SSSR count). The van der Waals surface area contributed by atoms with Gasteiger partial charge in [0.25, 0.3) is 0 Å². The minimum Gasteiger partial charge on any atom is -0.744 e. The molecule has 0 N–H and O–H groups in total. The predicted molar refractivity (Wildman–Crippen MR) is 94.2 cm³/mol. The van der Waals surface area contributed by atoms with E-state index in [2.05, 4.69) is 47.6 Å². The minimum atomic E-state index is -4.50. The summed E-state index contributed by atoms with van der Waals surface area (Å²) in [6, 6.07) is 7.22. The van der Waals surface area contributed by atoms with Gasteiger partial charge in [0.1, 0.15) is 10.1 Å².